The Morgan fingerprint density at radius 1 is 0.594 bits per heavy atom. The second kappa shape index (κ2) is 22.3. The predicted molar refractivity (Wildman–Crippen MR) is 142 cm³/mol. The van der Waals surface area contributed by atoms with E-state index < -0.39 is 11.4 Å². The van der Waals surface area contributed by atoms with Crippen LogP contribution in [0, 0.1) is 11.3 Å². The number of carbonyl (C=O) groups is 1. The van der Waals surface area contributed by atoms with Gasteiger partial charge in [0.15, 0.2) is 0 Å². The molecule has 0 aliphatic rings. The molecule has 1 N–H and O–H groups in total. The van der Waals surface area contributed by atoms with E-state index >= 15 is 0 Å². The van der Waals surface area contributed by atoms with Gasteiger partial charge in [0.2, 0.25) is 0 Å². The second-order valence-electron chi connectivity index (χ2n) is 10.5. The molecule has 0 aromatic heterocycles. The zero-order valence-electron chi connectivity index (χ0n) is 22.7. The van der Waals surface area contributed by atoms with Gasteiger partial charge in [-0.3, -0.25) is 4.79 Å². The summed E-state index contributed by atoms with van der Waals surface area (Å²) in [7, 11) is 0. The van der Waals surface area contributed by atoms with Gasteiger partial charge in [-0.2, -0.15) is 0 Å². The summed E-state index contributed by atoms with van der Waals surface area (Å²) in [5.74, 6) is -0.191. The molecule has 0 rings (SSSR count). The third kappa shape index (κ3) is 14.6. The fourth-order valence-electron chi connectivity index (χ4n) is 5.60. The number of hydrogen-bond acceptors (Lipinski definition) is 1. The molecule has 0 heterocycles. The molecule has 192 valence electrons. The van der Waals surface area contributed by atoms with Crippen molar-refractivity contribution >= 4 is 5.97 Å². The first kappa shape index (κ1) is 31.5. The van der Waals surface area contributed by atoms with Crippen LogP contribution >= 0.6 is 0 Å². The van der Waals surface area contributed by atoms with E-state index in [1.807, 2.05) is 0 Å². The largest absolute Gasteiger partial charge is 0.481 e. The molecule has 2 atom stereocenters. The maximum absolute atomic E-state index is 12.4. The van der Waals surface area contributed by atoms with Gasteiger partial charge in [0.25, 0.3) is 0 Å². The minimum absolute atomic E-state index is 0.341. The van der Waals surface area contributed by atoms with E-state index in [9.17, 15) is 9.90 Å². The average Bonchev–Trinajstić information content (AvgIpc) is 2.79. The van der Waals surface area contributed by atoms with Crippen molar-refractivity contribution in [3.05, 3.63) is 0 Å². The van der Waals surface area contributed by atoms with Gasteiger partial charge < -0.3 is 5.11 Å². The Hall–Kier alpha value is -0.530. The van der Waals surface area contributed by atoms with E-state index in [1.54, 1.807) is 0 Å². The first-order valence-corrected chi connectivity index (χ1v) is 14.8. The van der Waals surface area contributed by atoms with Crippen LogP contribution in [0.25, 0.3) is 0 Å². The number of unbranched alkanes of at least 4 members (excludes halogenated alkanes) is 17. The van der Waals surface area contributed by atoms with E-state index in [0.717, 1.165) is 32.1 Å². The molecule has 0 fully saturated rings. The number of aliphatic carboxylic acids is 1. The van der Waals surface area contributed by atoms with Crippen LogP contribution in [0.2, 0.25) is 0 Å². The van der Waals surface area contributed by atoms with Crippen LogP contribution in [0.1, 0.15) is 175 Å². The third-order valence-corrected chi connectivity index (χ3v) is 7.96. The van der Waals surface area contributed by atoms with Crippen LogP contribution < -0.4 is 0 Å². The Kier molecular flexibility index (Phi) is 21.9. The van der Waals surface area contributed by atoms with Gasteiger partial charge in [-0.1, -0.05) is 156 Å². The Bertz CT molecular complexity index is 406. The Morgan fingerprint density at radius 2 is 0.969 bits per heavy atom. The summed E-state index contributed by atoms with van der Waals surface area (Å²) >= 11 is 0. The molecular formula is C30H60O2. The van der Waals surface area contributed by atoms with E-state index in [4.69, 9.17) is 0 Å². The van der Waals surface area contributed by atoms with Crippen molar-refractivity contribution < 1.29 is 9.90 Å². The van der Waals surface area contributed by atoms with Crippen molar-refractivity contribution in [2.24, 2.45) is 11.3 Å². The van der Waals surface area contributed by atoms with Crippen LogP contribution in [0.15, 0.2) is 0 Å². The lowest BCUT2D eigenvalue weighted by Gasteiger charge is -2.36. The van der Waals surface area contributed by atoms with Gasteiger partial charge >= 0.3 is 5.97 Å². The van der Waals surface area contributed by atoms with Crippen LogP contribution in [0.4, 0.5) is 0 Å². The fourth-order valence-corrected chi connectivity index (χ4v) is 5.60. The van der Waals surface area contributed by atoms with Gasteiger partial charge in [-0.15, -0.1) is 0 Å². The smallest absolute Gasteiger partial charge is 0.309 e. The standard InChI is InChI=1S/C30H60O2/c1-5-9-11-13-15-16-17-18-19-20-21-22-24-26-28(7-3)30(8-4,29(31)32)27-25-23-14-12-10-6-2/h28H,5-27H2,1-4H3,(H,31,32). The van der Waals surface area contributed by atoms with Crippen molar-refractivity contribution in [3.8, 4) is 0 Å². The normalized spacial score (nSPS) is 14.4. The zero-order valence-corrected chi connectivity index (χ0v) is 22.7. The maximum atomic E-state index is 12.4. The minimum Gasteiger partial charge on any atom is -0.481 e. The SMILES string of the molecule is CCCCCCCCCCCCCCCC(CC)C(CC)(CCCCCCCC)C(=O)O. The molecular weight excluding hydrogens is 392 g/mol. The highest BCUT2D eigenvalue weighted by molar-refractivity contribution is 5.75. The number of carboxylic acids is 1. The summed E-state index contributed by atoms with van der Waals surface area (Å²) < 4.78 is 0. The highest BCUT2D eigenvalue weighted by Crippen LogP contribution is 2.42. The summed E-state index contributed by atoms with van der Waals surface area (Å²) in [6.45, 7) is 8.85. The van der Waals surface area contributed by atoms with Crippen LogP contribution in [-0.2, 0) is 4.79 Å². The topological polar surface area (TPSA) is 37.3 Å². The molecule has 0 aromatic rings. The lowest BCUT2D eigenvalue weighted by Crippen LogP contribution is -2.38. The van der Waals surface area contributed by atoms with Gasteiger partial charge in [0.05, 0.1) is 5.41 Å². The lowest BCUT2D eigenvalue weighted by molar-refractivity contribution is -0.154. The minimum atomic E-state index is -0.532. The highest BCUT2D eigenvalue weighted by atomic mass is 16.4. The molecule has 0 aliphatic carbocycles. The summed E-state index contributed by atoms with van der Waals surface area (Å²) in [6, 6.07) is 0. The van der Waals surface area contributed by atoms with Crippen molar-refractivity contribution in [3.63, 3.8) is 0 Å². The van der Waals surface area contributed by atoms with Gasteiger partial charge in [0, 0.05) is 0 Å². The van der Waals surface area contributed by atoms with Crippen molar-refractivity contribution in [2.75, 3.05) is 0 Å². The van der Waals surface area contributed by atoms with Crippen LogP contribution in [-0.4, -0.2) is 11.1 Å². The molecule has 0 saturated carbocycles. The van der Waals surface area contributed by atoms with Gasteiger partial charge in [-0.25, -0.2) is 0 Å². The average molecular weight is 453 g/mol. The number of hydrogen-bond donors (Lipinski definition) is 1. The molecule has 32 heavy (non-hydrogen) atoms. The Morgan fingerprint density at radius 3 is 1.31 bits per heavy atom. The molecule has 2 unspecified atom stereocenters. The van der Waals surface area contributed by atoms with Crippen molar-refractivity contribution in [1.82, 2.24) is 0 Å². The molecule has 0 amide bonds. The molecule has 0 radical (unpaired) electrons. The first-order valence-electron chi connectivity index (χ1n) is 14.8. The number of carboxylic acid groups (broad SMARTS) is 1. The second-order valence-corrected chi connectivity index (χ2v) is 10.5. The summed E-state index contributed by atoms with van der Waals surface area (Å²) in [4.78, 5) is 12.4. The van der Waals surface area contributed by atoms with Crippen molar-refractivity contribution in [2.45, 2.75) is 175 Å². The Labute approximate surface area is 202 Å². The molecule has 0 saturated heterocycles. The van der Waals surface area contributed by atoms with E-state index in [2.05, 4.69) is 27.7 Å². The molecule has 0 spiro atoms. The third-order valence-electron chi connectivity index (χ3n) is 7.96. The van der Waals surface area contributed by atoms with Crippen molar-refractivity contribution in [1.29, 1.82) is 0 Å². The molecule has 0 aliphatic heterocycles. The summed E-state index contributed by atoms with van der Waals surface area (Å²) in [6.07, 6.45) is 29.1. The number of rotatable bonds is 25. The summed E-state index contributed by atoms with van der Waals surface area (Å²) in [5, 5.41) is 10.2. The lowest BCUT2D eigenvalue weighted by atomic mass is 9.67. The van der Waals surface area contributed by atoms with E-state index in [-0.39, 0.29) is 0 Å². The van der Waals surface area contributed by atoms with Crippen LogP contribution in [0.3, 0.4) is 0 Å². The molecule has 2 nitrogen and oxygen atoms in total. The molecule has 0 aromatic carbocycles. The first-order chi connectivity index (χ1) is 15.6. The van der Waals surface area contributed by atoms with Gasteiger partial charge in [0.1, 0.15) is 0 Å². The fraction of sp³-hybridized carbons (Fsp3) is 0.967. The van der Waals surface area contributed by atoms with E-state index in [0.29, 0.717) is 5.92 Å². The monoisotopic (exact) mass is 452 g/mol. The van der Waals surface area contributed by atoms with Crippen LogP contribution in [0.5, 0.6) is 0 Å². The quantitative estimate of drug-likeness (QED) is 0.140. The molecule has 2 heteroatoms. The highest BCUT2D eigenvalue weighted by Gasteiger charge is 2.42. The maximum Gasteiger partial charge on any atom is 0.309 e. The molecule has 0 bridgehead atoms. The van der Waals surface area contributed by atoms with E-state index in [1.165, 1.54) is 116 Å². The summed E-state index contributed by atoms with van der Waals surface area (Å²) in [5.41, 5.74) is -0.489. The Balaban J connectivity index is 4.06. The van der Waals surface area contributed by atoms with Gasteiger partial charge in [-0.05, 0) is 25.2 Å². The zero-order chi connectivity index (χ0) is 23.9. The predicted octanol–water partition coefficient (Wildman–Crippen LogP) is 10.7.